The normalized spacial score (nSPS) is 10.6. The van der Waals surface area contributed by atoms with Crippen molar-refractivity contribution in [2.75, 3.05) is 17.7 Å². The molecule has 2 aromatic rings. The SMILES string of the molecule is CCCc1nc(NC)cc(NCc2sccc2CC)n1. The predicted molar refractivity (Wildman–Crippen MR) is 86.6 cm³/mol. The number of aromatic nitrogens is 2. The smallest absolute Gasteiger partial charge is 0.133 e. The van der Waals surface area contributed by atoms with E-state index in [4.69, 9.17) is 0 Å². The van der Waals surface area contributed by atoms with Crippen LogP contribution in [0.3, 0.4) is 0 Å². The van der Waals surface area contributed by atoms with Crippen LogP contribution in [0.1, 0.15) is 36.5 Å². The number of anilines is 2. The minimum Gasteiger partial charge on any atom is -0.373 e. The highest BCUT2D eigenvalue weighted by Crippen LogP contribution is 2.19. The van der Waals surface area contributed by atoms with Gasteiger partial charge in [0.1, 0.15) is 17.5 Å². The van der Waals surface area contributed by atoms with Crippen LogP contribution in [-0.4, -0.2) is 17.0 Å². The van der Waals surface area contributed by atoms with Gasteiger partial charge in [0, 0.05) is 24.4 Å². The van der Waals surface area contributed by atoms with Gasteiger partial charge in [0.15, 0.2) is 0 Å². The van der Waals surface area contributed by atoms with Crippen LogP contribution < -0.4 is 10.6 Å². The minimum atomic E-state index is 0.826. The summed E-state index contributed by atoms with van der Waals surface area (Å²) in [5, 5.41) is 8.66. The minimum absolute atomic E-state index is 0.826. The third-order valence-electron chi connectivity index (χ3n) is 3.15. The highest BCUT2D eigenvalue weighted by molar-refractivity contribution is 7.10. The second-order valence-electron chi connectivity index (χ2n) is 4.63. The third kappa shape index (κ3) is 3.70. The van der Waals surface area contributed by atoms with Gasteiger partial charge in [0.05, 0.1) is 6.54 Å². The number of thiophene rings is 1. The van der Waals surface area contributed by atoms with Crippen molar-refractivity contribution in [3.8, 4) is 0 Å². The first kappa shape index (κ1) is 14.8. The van der Waals surface area contributed by atoms with E-state index in [9.17, 15) is 0 Å². The van der Waals surface area contributed by atoms with E-state index in [0.29, 0.717) is 0 Å². The summed E-state index contributed by atoms with van der Waals surface area (Å²) in [5.74, 6) is 2.65. The Kier molecular flexibility index (Phi) is 5.35. The van der Waals surface area contributed by atoms with Crippen molar-refractivity contribution in [3.05, 3.63) is 33.8 Å². The van der Waals surface area contributed by atoms with Crippen molar-refractivity contribution in [2.24, 2.45) is 0 Å². The molecule has 0 aromatic carbocycles. The maximum absolute atomic E-state index is 4.57. The molecular formula is C15H22N4S. The van der Waals surface area contributed by atoms with Gasteiger partial charge in [-0.05, 0) is 29.9 Å². The first-order valence-electron chi connectivity index (χ1n) is 7.11. The van der Waals surface area contributed by atoms with Gasteiger partial charge in [0.2, 0.25) is 0 Å². The number of hydrogen-bond acceptors (Lipinski definition) is 5. The fourth-order valence-electron chi connectivity index (χ4n) is 2.06. The van der Waals surface area contributed by atoms with E-state index in [-0.39, 0.29) is 0 Å². The molecular weight excluding hydrogens is 268 g/mol. The molecule has 5 heteroatoms. The Hall–Kier alpha value is -1.62. The third-order valence-corrected chi connectivity index (χ3v) is 4.11. The lowest BCUT2D eigenvalue weighted by Gasteiger charge is -2.09. The van der Waals surface area contributed by atoms with E-state index in [0.717, 1.165) is 43.3 Å². The summed E-state index contributed by atoms with van der Waals surface area (Å²) >= 11 is 1.80. The molecule has 0 radical (unpaired) electrons. The molecule has 0 atom stereocenters. The molecule has 0 bridgehead atoms. The van der Waals surface area contributed by atoms with Gasteiger partial charge in [-0.25, -0.2) is 9.97 Å². The van der Waals surface area contributed by atoms with Crippen LogP contribution in [0.2, 0.25) is 0 Å². The summed E-state index contributed by atoms with van der Waals surface area (Å²) in [6.07, 6.45) is 3.04. The van der Waals surface area contributed by atoms with Crippen LogP contribution in [0.25, 0.3) is 0 Å². The highest BCUT2D eigenvalue weighted by atomic mass is 32.1. The average Bonchev–Trinajstić information content (AvgIpc) is 2.92. The lowest BCUT2D eigenvalue weighted by atomic mass is 10.2. The van der Waals surface area contributed by atoms with Crippen molar-refractivity contribution < 1.29 is 0 Å². The molecule has 20 heavy (non-hydrogen) atoms. The Morgan fingerprint density at radius 1 is 1.20 bits per heavy atom. The highest BCUT2D eigenvalue weighted by Gasteiger charge is 2.06. The van der Waals surface area contributed by atoms with Crippen molar-refractivity contribution in [3.63, 3.8) is 0 Å². The number of nitrogens with one attached hydrogen (secondary N) is 2. The molecule has 0 aliphatic rings. The van der Waals surface area contributed by atoms with E-state index in [1.165, 1.54) is 10.4 Å². The molecule has 2 N–H and O–H groups in total. The molecule has 0 saturated heterocycles. The molecule has 2 aromatic heterocycles. The summed E-state index contributed by atoms with van der Waals surface area (Å²) in [5.41, 5.74) is 1.42. The molecule has 0 aliphatic carbocycles. The molecule has 108 valence electrons. The topological polar surface area (TPSA) is 49.8 Å². The van der Waals surface area contributed by atoms with Gasteiger partial charge in [-0.15, -0.1) is 11.3 Å². The van der Waals surface area contributed by atoms with Crippen LogP contribution in [0.15, 0.2) is 17.5 Å². The largest absolute Gasteiger partial charge is 0.373 e. The summed E-state index contributed by atoms with van der Waals surface area (Å²) in [7, 11) is 1.89. The summed E-state index contributed by atoms with van der Waals surface area (Å²) < 4.78 is 0. The van der Waals surface area contributed by atoms with Gasteiger partial charge in [-0.3, -0.25) is 0 Å². The van der Waals surface area contributed by atoms with Gasteiger partial charge < -0.3 is 10.6 Å². The monoisotopic (exact) mass is 290 g/mol. The van der Waals surface area contributed by atoms with E-state index in [1.807, 2.05) is 13.1 Å². The van der Waals surface area contributed by atoms with Crippen molar-refractivity contribution in [1.82, 2.24) is 9.97 Å². The zero-order valence-electron chi connectivity index (χ0n) is 12.4. The Bertz CT molecular complexity index is 551. The Morgan fingerprint density at radius 3 is 2.70 bits per heavy atom. The zero-order valence-corrected chi connectivity index (χ0v) is 13.2. The standard InChI is InChI=1S/C15H22N4S/c1-4-6-13-18-14(16-3)9-15(19-13)17-10-12-11(5-2)7-8-20-12/h7-9H,4-6,10H2,1-3H3,(H2,16,17,18,19). The van der Waals surface area contributed by atoms with E-state index >= 15 is 0 Å². The fourth-order valence-corrected chi connectivity index (χ4v) is 2.97. The van der Waals surface area contributed by atoms with Crippen molar-refractivity contribution >= 4 is 23.0 Å². The van der Waals surface area contributed by atoms with E-state index in [2.05, 4.69) is 45.9 Å². The lowest BCUT2D eigenvalue weighted by molar-refractivity contribution is 0.835. The second-order valence-corrected chi connectivity index (χ2v) is 5.63. The summed E-state index contributed by atoms with van der Waals surface area (Å²) in [6.45, 7) is 5.16. The van der Waals surface area contributed by atoms with Crippen LogP contribution in [-0.2, 0) is 19.4 Å². The Morgan fingerprint density at radius 2 is 2.00 bits per heavy atom. The zero-order chi connectivity index (χ0) is 14.4. The fraction of sp³-hybridized carbons (Fsp3) is 0.467. The quantitative estimate of drug-likeness (QED) is 0.816. The van der Waals surface area contributed by atoms with Crippen molar-refractivity contribution in [1.29, 1.82) is 0 Å². The average molecular weight is 290 g/mol. The Balaban J connectivity index is 2.10. The molecule has 0 spiro atoms. The first-order valence-corrected chi connectivity index (χ1v) is 7.99. The molecule has 0 amide bonds. The molecule has 0 saturated carbocycles. The molecule has 2 heterocycles. The Labute approximate surface area is 124 Å². The number of aryl methyl sites for hydroxylation is 2. The first-order chi connectivity index (χ1) is 9.76. The summed E-state index contributed by atoms with van der Waals surface area (Å²) in [4.78, 5) is 10.4. The van der Waals surface area contributed by atoms with Gasteiger partial charge >= 0.3 is 0 Å². The maximum Gasteiger partial charge on any atom is 0.133 e. The van der Waals surface area contributed by atoms with Gasteiger partial charge in [-0.2, -0.15) is 0 Å². The lowest BCUT2D eigenvalue weighted by Crippen LogP contribution is -2.06. The number of rotatable bonds is 7. The van der Waals surface area contributed by atoms with Crippen LogP contribution in [0.4, 0.5) is 11.6 Å². The summed E-state index contributed by atoms with van der Waals surface area (Å²) in [6, 6.07) is 4.15. The number of nitrogens with zero attached hydrogens (tertiary/aromatic N) is 2. The molecule has 0 aliphatic heterocycles. The second kappa shape index (κ2) is 7.24. The molecule has 0 fully saturated rings. The van der Waals surface area contributed by atoms with Gasteiger partial charge in [0.25, 0.3) is 0 Å². The molecule has 4 nitrogen and oxygen atoms in total. The molecule has 0 unspecified atom stereocenters. The van der Waals surface area contributed by atoms with E-state index < -0.39 is 0 Å². The predicted octanol–water partition coefficient (Wildman–Crippen LogP) is 3.71. The van der Waals surface area contributed by atoms with Crippen LogP contribution in [0.5, 0.6) is 0 Å². The van der Waals surface area contributed by atoms with Crippen LogP contribution >= 0.6 is 11.3 Å². The van der Waals surface area contributed by atoms with Gasteiger partial charge in [-0.1, -0.05) is 13.8 Å². The van der Waals surface area contributed by atoms with Crippen LogP contribution in [0, 0.1) is 0 Å². The molecule has 2 rings (SSSR count). The number of hydrogen-bond donors (Lipinski definition) is 2. The van der Waals surface area contributed by atoms with Crippen molar-refractivity contribution in [2.45, 2.75) is 39.7 Å². The van der Waals surface area contributed by atoms with E-state index in [1.54, 1.807) is 11.3 Å². The maximum atomic E-state index is 4.57.